The molecular weight excluding hydrogens is 226 g/mol. The molecule has 0 saturated carbocycles. The lowest BCUT2D eigenvalue weighted by molar-refractivity contribution is 0.357. The zero-order valence-electron chi connectivity index (χ0n) is 11.5. The van der Waals surface area contributed by atoms with Gasteiger partial charge in [0.1, 0.15) is 0 Å². The minimum atomic E-state index is 0.504. The summed E-state index contributed by atoms with van der Waals surface area (Å²) in [4.78, 5) is 4.55. The lowest BCUT2D eigenvalue weighted by Crippen LogP contribution is -2.27. The molecule has 0 aromatic carbocycles. The quantitative estimate of drug-likeness (QED) is 0.757. The number of unbranched alkanes of at least 4 members (excludes halogenated alkanes) is 4. The fourth-order valence-electron chi connectivity index (χ4n) is 2.50. The molecule has 0 spiro atoms. The zero-order valence-corrected chi connectivity index (χ0v) is 11.5. The molecule has 1 fully saturated rings. The van der Waals surface area contributed by atoms with E-state index < -0.39 is 0 Å². The third kappa shape index (κ3) is 4.09. The summed E-state index contributed by atoms with van der Waals surface area (Å²) in [7, 11) is 0. The van der Waals surface area contributed by atoms with Crippen molar-refractivity contribution in [1.82, 2.24) is 15.5 Å². The monoisotopic (exact) mass is 251 g/mol. The van der Waals surface area contributed by atoms with E-state index in [1.54, 1.807) is 0 Å². The molecule has 1 N–H and O–H groups in total. The van der Waals surface area contributed by atoms with Gasteiger partial charge in [-0.25, -0.2) is 0 Å². The Balaban J connectivity index is 1.72. The van der Waals surface area contributed by atoms with Crippen molar-refractivity contribution < 1.29 is 4.52 Å². The number of aryl methyl sites for hydroxylation is 1. The highest BCUT2D eigenvalue weighted by Crippen LogP contribution is 2.22. The van der Waals surface area contributed by atoms with Crippen LogP contribution in [-0.2, 0) is 6.42 Å². The second-order valence-electron chi connectivity index (χ2n) is 5.23. The number of aromatic nitrogens is 2. The Bertz CT molecular complexity index is 332. The van der Waals surface area contributed by atoms with Crippen molar-refractivity contribution in [2.45, 2.75) is 64.2 Å². The molecule has 102 valence electrons. The zero-order chi connectivity index (χ0) is 12.6. The highest BCUT2D eigenvalue weighted by Gasteiger charge is 2.20. The van der Waals surface area contributed by atoms with Gasteiger partial charge in [0.2, 0.25) is 5.89 Å². The average Bonchev–Trinajstić information content (AvgIpc) is 2.88. The molecule has 4 nitrogen and oxygen atoms in total. The van der Waals surface area contributed by atoms with Crippen molar-refractivity contribution in [2.24, 2.45) is 0 Å². The van der Waals surface area contributed by atoms with Crippen LogP contribution in [0.15, 0.2) is 4.52 Å². The molecule has 1 aliphatic rings. The highest BCUT2D eigenvalue weighted by molar-refractivity contribution is 4.97. The number of rotatable bonds is 7. The van der Waals surface area contributed by atoms with Crippen molar-refractivity contribution in [3.63, 3.8) is 0 Å². The maximum Gasteiger partial charge on any atom is 0.226 e. The van der Waals surface area contributed by atoms with Gasteiger partial charge in [0.25, 0.3) is 0 Å². The van der Waals surface area contributed by atoms with Crippen LogP contribution in [0.4, 0.5) is 0 Å². The van der Waals surface area contributed by atoms with E-state index >= 15 is 0 Å². The van der Waals surface area contributed by atoms with Crippen LogP contribution in [0, 0.1) is 0 Å². The van der Waals surface area contributed by atoms with Gasteiger partial charge in [0.15, 0.2) is 5.82 Å². The molecule has 1 aliphatic heterocycles. The summed E-state index contributed by atoms with van der Waals surface area (Å²) < 4.78 is 5.34. The van der Waals surface area contributed by atoms with Gasteiger partial charge in [-0.3, -0.25) is 0 Å². The van der Waals surface area contributed by atoms with E-state index in [-0.39, 0.29) is 0 Å². The Morgan fingerprint density at radius 3 is 2.72 bits per heavy atom. The smallest absolute Gasteiger partial charge is 0.226 e. The van der Waals surface area contributed by atoms with Gasteiger partial charge in [-0.15, -0.1) is 0 Å². The Hall–Kier alpha value is -0.900. The first-order valence-corrected chi connectivity index (χ1v) is 7.43. The molecule has 4 heteroatoms. The number of hydrogen-bond donors (Lipinski definition) is 1. The maximum absolute atomic E-state index is 5.34. The second-order valence-corrected chi connectivity index (χ2v) is 5.23. The third-order valence-corrected chi connectivity index (χ3v) is 3.68. The Morgan fingerprint density at radius 1 is 1.17 bits per heavy atom. The lowest BCUT2D eigenvalue weighted by atomic mass is 9.98. The van der Waals surface area contributed by atoms with E-state index in [1.165, 1.54) is 32.1 Å². The summed E-state index contributed by atoms with van der Waals surface area (Å²) >= 11 is 0. The fourth-order valence-corrected chi connectivity index (χ4v) is 2.50. The van der Waals surface area contributed by atoms with E-state index in [2.05, 4.69) is 22.4 Å². The largest absolute Gasteiger partial charge is 0.339 e. The summed E-state index contributed by atoms with van der Waals surface area (Å²) in [5, 5.41) is 7.50. The van der Waals surface area contributed by atoms with E-state index in [1.807, 2.05) is 0 Å². The normalized spacial score (nSPS) is 17.2. The summed E-state index contributed by atoms with van der Waals surface area (Å²) in [6, 6.07) is 0. The molecule has 0 atom stereocenters. The van der Waals surface area contributed by atoms with Gasteiger partial charge in [-0.1, -0.05) is 37.8 Å². The van der Waals surface area contributed by atoms with Crippen molar-refractivity contribution >= 4 is 0 Å². The summed E-state index contributed by atoms with van der Waals surface area (Å²) in [5.74, 6) is 2.27. The first-order valence-electron chi connectivity index (χ1n) is 7.43. The number of hydrogen-bond acceptors (Lipinski definition) is 4. The van der Waals surface area contributed by atoms with Gasteiger partial charge in [0, 0.05) is 12.3 Å². The van der Waals surface area contributed by atoms with Crippen molar-refractivity contribution in [3.8, 4) is 0 Å². The molecule has 2 heterocycles. The molecule has 1 saturated heterocycles. The van der Waals surface area contributed by atoms with Gasteiger partial charge < -0.3 is 9.84 Å². The molecule has 0 aliphatic carbocycles. The molecule has 1 aromatic heterocycles. The van der Waals surface area contributed by atoms with Crippen molar-refractivity contribution in [2.75, 3.05) is 13.1 Å². The standard InChI is InChI=1S/C14H25N3O/c1-2-3-4-5-6-7-13-16-14(17-18-13)12-8-10-15-11-9-12/h12,15H,2-11H2,1H3. The highest BCUT2D eigenvalue weighted by atomic mass is 16.5. The maximum atomic E-state index is 5.34. The van der Waals surface area contributed by atoms with E-state index in [9.17, 15) is 0 Å². The van der Waals surface area contributed by atoms with Crippen molar-refractivity contribution in [1.29, 1.82) is 0 Å². The van der Waals surface area contributed by atoms with Crippen LogP contribution in [-0.4, -0.2) is 23.2 Å². The minimum Gasteiger partial charge on any atom is -0.339 e. The second kappa shape index (κ2) is 7.52. The van der Waals surface area contributed by atoms with Crippen molar-refractivity contribution in [3.05, 3.63) is 11.7 Å². The molecule has 0 unspecified atom stereocenters. The number of nitrogens with zero attached hydrogens (tertiary/aromatic N) is 2. The number of nitrogens with one attached hydrogen (secondary N) is 1. The van der Waals surface area contributed by atoms with Gasteiger partial charge in [-0.05, 0) is 32.4 Å². The van der Waals surface area contributed by atoms with Crippen LogP contribution >= 0.6 is 0 Å². The van der Waals surface area contributed by atoms with Gasteiger partial charge in [-0.2, -0.15) is 4.98 Å². The van der Waals surface area contributed by atoms with E-state index in [0.29, 0.717) is 5.92 Å². The first kappa shape index (κ1) is 13.5. The van der Waals surface area contributed by atoms with Gasteiger partial charge >= 0.3 is 0 Å². The first-order chi connectivity index (χ1) is 8.90. The molecular formula is C14H25N3O. The van der Waals surface area contributed by atoms with Crippen LogP contribution in [0.3, 0.4) is 0 Å². The molecule has 2 rings (SSSR count). The Kier molecular flexibility index (Phi) is 5.65. The Labute approximate surface area is 110 Å². The van der Waals surface area contributed by atoms with Crippen LogP contribution in [0.2, 0.25) is 0 Å². The van der Waals surface area contributed by atoms with E-state index in [0.717, 1.165) is 44.1 Å². The Morgan fingerprint density at radius 2 is 1.94 bits per heavy atom. The molecule has 0 radical (unpaired) electrons. The summed E-state index contributed by atoms with van der Waals surface area (Å²) in [5.41, 5.74) is 0. The molecule has 0 amide bonds. The van der Waals surface area contributed by atoms with E-state index in [4.69, 9.17) is 4.52 Å². The van der Waals surface area contributed by atoms with Crippen LogP contribution < -0.4 is 5.32 Å². The minimum absolute atomic E-state index is 0.504. The predicted molar refractivity (Wildman–Crippen MR) is 71.6 cm³/mol. The summed E-state index contributed by atoms with van der Waals surface area (Å²) in [6.07, 6.45) is 9.62. The fraction of sp³-hybridized carbons (Fsp3) is 0.857. The number of piperidine rings is 1. The SMILES string of the molecule is CCCCCCCc1nc(C2CCNCC2)no1. The predicted octanol–water partition coefficient (Wildman–Crippen LogP) is 3.05. The van der Waals surface area contributed by atoms with Crippen LogP contribution in [0.25, 0.3) is 0 Å². The average molecular weight is 251 g/mol. The molecule has 0 bridgehead atoms. The van der Waals surface area contributed by atoms with Gasteiger partial charge in [0.05, 0.1) is 0 Å². The summed E-state index contributed by atoms with van der Waals surface area (Å²) in [6.45, 7) is 4.39. The lowest BCUT2D eigenvalue weighted by Gasteiger charge is -2.18. The molecule has 1 aromatic rings. The van der Waals surface area contributed by atoms with Crippen LogP contribution in [0.5, 0.6) is 0 Å². The van der Waals surface area contributed by atoms with Crippen LogP contribution in [0.1, 0.15) is 69.5 Å². The topological polar surface area (TPSA) is 51.0 Å². The molecule has 18 heavy (non-hydrogen) atoms. The third-order valence-electron chi connectivity index (χ3n) is 3.68.